The van der Waals surface area contributed by atoms with Crippen molar-refractivity contribution in [2.45, 2.75) is 95.6 Å². The molecule has 0 bridgehead atoms. The van der Waals surface area contributed by atoms with Crippen molar-refractivity contribution in [1.29, 1.82) is 0 Å². The lowest BCUT2D eigenvalue weighted by atomic mass is 9.92. The van der Waals surface area contributed by atoms with Gasteiger partial charge in [-0.05, 0) is 71.0 Å². The summed E-state index contributed by atoms with van der Waals surface area (Å²) in [6, 6.07) is 1.46. The van der Waals surface area contributed by atoms with Gasteiger partial charge in [0.1, 0.15) is 0 Å². The van der Waals surface area contributed by atoms with E-state index < -0.39 is 0 Å². The van der Waals surface area contributed by atoms with E-state index in [-0.39, 0.29) is 24.0 Å². The molecule has 0 radical (unpaired) electrons. The minimum absolute atomic E-state index is 0. The van der Waals surface area contributed by atoms with Crippen LogP contribution in [-0.4, -0.2) is 74.2 Å². The lowest BCUT2D eigenvalue weighted by molar-refractivity contribution is 0.119. The van der Waals surface area contributed by atoms with Crippen molar-refractivity contribution in [3.05, 3.63) is 0 Å². The normalized spacial score (nSPS) is 23.6. The molecule has 0 unspecified atom stereocenters. The third-order valence-electron chi connectivity index (χ3n) is 7.08. The molecule has 2 heterocycles. The molecule has 2 aliphatic heterocycles. The molecular weight excluding hydrogens is 473 g/mol. The summed E-state index contributed by atoms with van der Waals surface area (Å²) in [4.78, 5) is 9.86. The lowest BCUT2D eigenvalue weighted by Crippen LogP contribution is -2.51. The van der Waals surface area contributed by atoms with Crippen LogP contribution in [0.5, 0.6) is 0 Å². The van der Waals surface area contributed by atoms with Gasteiger partial charge in [0, 0.05) is 38.8 Å². The van der Waals surface area contributed by atoms with Gasteiger partial charge in [0.2, 0.25) is 0 Å². The second kappa shape index (κ2) is 14.8. The number of rotatable bonds is 8. The van der Waals surface area contributed by atoms with Gasteiger partial charge < -0.3 is 20.4 Å². The maximum Gasteiger partial charge on any atom is 0.191 e. The molecule has 0 aromatic heterocycles. The number of aliphatic imine (C=N–C) groups is 1. The first-order valence-corrected chi connectivity index (χ1v) is 12.3. The van der Waals surface area contributed by atoms with Crippen molar-refractivity contribution in [2.75, 3.05) is 46.3 Å². The highest BCUT2D eigenvalue weighted by molar-refractivity contribution is 14.0. The van der Waals surface area contributed by atoms with Crippen LogP contribution in [0.1, 0.15) is 83.5 Å². The standard InChI is InChI=1S/C23H45N5.HI/c1-24-23(25-15-7-3-8-16-27-17-9-4-10-18-27)26-21-13-19-28(20-14-21)22-11-5-2-6-12-22;/h21-22H,2-20H2,1H3,(H2,24,25,26);1H. The maximum atomic E-state index is 4.45. The van der Waals surface area contributed by atoms with Crippen LogP contribution in [0.15, 0.2) is 4.99 Å². The second-order valence-electron chi connectivity index (χ2n) is 9.21. The number of nitrogens with zero attached hydrogens (tertiary/aromatic N) is 3. The average Bonchev–Trinajstić information content (AvgIpc) is 2.77. The number of guanidine groups is 1. The van der Waals surface area contributed by atoms with Gasteiger partial charge in [0.15, 0.2) is 5.96 Å². The Kier molecular flexibility index (Phi) is 12.9. The summed E-state index contributed by atoms with van der Waals surface area (Å²) >= 11 is 0. The molecule has 3 fully saturated rings. The zero-order valence-electron chi connectivity index (χ0n) is 18.8. The van der Waals surface area contributed by atoms with Gasteiger partial charge in [-0.15, -0.1) is 24.0 Å². The van der Waals surface area contributed by atoms with Crippen molar-refractivity contribution in [2.24, 2.45) is 4.99 Å². The van der Waals surface area contributed by atoms with Crippen LogP contribution in [0.2, 0.25) is 0 Å². The highest BCUT2D eigenvalue weighted by atomic mass is 127. The van der Waals surface area contributed by atoms with Crippen LogP contribution in [0.3, 0.4) is 0 Å². The summed E-state index contributed by atoms with van der Waals surface area (Å²) in [5.74, 6) is 1.01. The van der Waals surface area contributed by atoms with Crippen molar-refractivity contribution < 1.29 is 0 Å². The van der Waals surface area contributed by atoms with E-state index in [9.17, 15) is 0 Å². The highest BCUT2D eigenvalue weighted by Gasteiger charge is 2.26. The zero-order valence-corrected chi connectivity index (χ0v) is 21.2. The van der Waals surface area contributed by atoms with Gasteiger partial charge in [0.25, 0.3) is 0 Å². The number of unbranched alkanes of at least 4 members (excludes halogenated alkanes) is 2. The molecule has 1 aliphatic carbocycles. The Morgan fingerprint density at radius 2 is 1.52 bits per heavy atom. The monoisotopic (exact) mass is 519 g/mol. The first-order chi connectivity index (χ1) is 13.8. The van der Waals surface area contributed by atoms with Crippen LogP contribution in [0.25, 0.3) is 0 Å². The largest absolute Gasteiger partial charge is 0.356 e. The summed E-state index contributed by atoms with van der Waals surface area (Å²) < 4.78 is 0. The summed E-state index contributed by atoms with van der Waals surface area (Å²) in [6.07, 6.45) is 17.9. The first-order valence-electron chi connectivity index (χ1n) is 12.3. The summed E-state index contributed by atoms with van der Waals surface area (Å²) in [6.45, 7) is 7.52. The van der Waals surface area contributed by atoms with Gasteiger partial charge in [-0.25, -0.2) is 0 Å². The molecule has 6 heteroatoms. The molecule has 0 aromatic rings. The van der Waals surface area contributed by atoms with E-state index >= 15 is 0 Å². The summed E-state index contributed by atoms with van der Waals surface area (Å²) in [7, 11) is 1.91. The predicted molar refractivity (Wildman–Crippen MR) is 136 cm³/mol. The fourth-order valence-electron chi connectivity index (χ4n) is 5.27. The molecule has 170 valence electrons. The molecule has 2 saturated heterocycles. The number of piperidine rings is 2. The van der Waals surface area contributed by atoms with Crippen molar-refractivity contribution in [1.82, 2.24) is 20.4 Å². The average molecular weight is 520 g/mol. The van der Waals surface area contributed by atoms with Crippen LogP contribution in [-0.2, 0) is 0 Å². The lowest BCUT2D eigenvalue weighted by Gasteiger charge is -2.39. The van der Waals surface area contributed by atoms with Crippen LogP contribution < -0.4 is 10.6 Å². The van der Waals surface area contributed by atoms with E-state index in [0.29, 0.717) is 6.04 Å². The van der Waals surface area contributed by atoms with Crippen LogP contribution in [0.4, 0.5) is 0 Å². The quantitative estimate of drug-likeness (QED) is 0.218. The molecule has 0 atom stereocenters. The minimum atomic E-state index is 0. The Bertz CT molecular complexity index is 439. The van der Waals surface area contributed by atoms with Crippen molar-refractivity contribution >= 4 is 29.9 Å². The van der Waals surface area contributed by atoms with Gasteiger partial charge in [-0.2, -0.15) is 0 Å². The van der Waals surface area contributed by atoms with Gasteiger partial charge in [0.05, 0.1) is 0 Å². The van der Waals surface area contributed by atoms with Gasteiger partial charge >= 0.3 is 0 Å². The zero-order chi connectivity index (χ0) is 19.4. The predicted octanol–water partition coefficient (Wildman–Crippen LogP) is 4.22. The fraction of sp³-hybridized carbons (Fsp3) is 0.957. The Morgan fingerprint density at radius 1 is 0.828 bits per heavy atom. The minimum Gasteiger partial charge on any atom is -0.356 e. The van der Waals surface area contributed by atoms with Crippen LogP contribution in [0, 0.1) is 0 Å². The molecule has 0 amide bonds. The summed E-state index contributed by atoms with van der Waals surface area (Å²) in [5.41, 5.74) is 0. The Hall–Kier alpha value is -0.0800. The van der Waals surface area contributed by atoms with E-state index in [1.807, 2.05) is 7.05 Å². The topological polar surface area (TPSA) is 42.9 Å². The number of nitrogens with one attached hydrogen (secondary N) is 2. The molecule has 5 nitrogen and oxygen atoms in total. The first kappa shape index (κ1) is 25.2. The molecule has 1 saturated carbocycles. The number of halogens is 1. The highest BCUT2D eigenvalue weighted by Crippen LogP contribution is 2.25. The smallest absolute Gasteiger partial charge is 0.191 e. The Labute approximate surface area is 196 Å². The molecule has 3 rings (SSSR count). The van der Waals surface area contributed by atoms with Crippen molar-refractivity contribution in [3.8, 4) is 0 Å². The SMILES string of the molecule is CN=C(NCCCCCN1CCCCC1)NC1CCN(C2CCCCC2)CC1.I. The second-order valence-corrected chi connectivity index (χ2v) is 9.21. The molecule has 29 heavy (non-hydrogen) atoms. The van der Waals surface area contributed by atoms with E-state index in [0.717, 1.165) is 18.5 Å². The van der Waals surface area contributed by atoms with Gasteiger partial charge in [-0.3, -0.25) is 4.99 Å². The molecule has 3 aliphatic rings. The Balaban J connectivity index is 0.00000300. The van der Waals surface area contributed by atoms with E-state index in [4.69, 9.17) is 0 Å². The number of hydrogen-bond acceptors (Lipinski definition) is 3. The summed E-state index contributed by atoms with van der Waals surface area (Å²) in [5, 5.41) is 7.22. The van der Waals surface area contributed by atoms with Gasteiger partial charge in [-0.1, -0.05) is 32.1 Å². The van der Waals surface area contributed by atoms with E-state index in [1.165, 1.54) is 116 Å². The third-order valence-corrected chi connectivity index (χ3v) is 7.08. The number of likely N-dealkylation sites (tertiary alicyclic amines) is 2. The van der Waals surface area contributed by atoms with Crippen LogP contribution >= 0.6 is 24.0 Å². The molecule has 2 N–H and O–H groups in total. The molecular formula is C23H46IN5. The maximum absolute atomic E-state index is 4.45. The Morgan fingerprint density at radius 3 is 2.21 bits per heavy atom. The molecule has 0 aromatic carbocycles. The fourth-order valence-corrected chi connectivity index (χ4v) is 5.27. The number of hydrogen-bond donors (Lipinski definition) is 2. The van der Waals surface area contributed by atoms with E-state index in [2.05, 4.69) is 25.4 Å². The third kappa shape index (κ3) is 9.30. The van der Waals surface area contributed by atoms with E-state index in [1.54, 1.807) is 0 Å². The molecule has 0 spiro atoms. The van der Waals surface area contributed by atoms with Crippen molar-refractivity contribution in [3.63, 3.8) is 0 Å².